The summed E-state index contributed by atoms with van der Waals surface area (Å²) in [7, 11) is 0. The van der Waals surface area contributed by atoms with Crippen LogP contribution in [0.1, 0.15) is 12.8 Å². The first-order valence-electron chi connectivity index (χ1n) is 7.96. The van der Waals surface area contributed by atoms with E-state index < -0.39 is 4.92 Å². The molecule has 6 nitrogen and oxygen atoms in total. The molecule has 4 aliphatic rings. The van der Waals surface area contributed by atoms with Gasteiger partial charge in [-0.25, -0.2) is 4.90 Å². The fourth-order valence-corrected chi connectivity index (χ4v) is 5.50. The molecule has 0 unspecified atom stereocenters. The molecule has 3 fully saturated rings. The van der Waals surface area contributed by atoms with E-state index in [0.717, 1.165) is 17.7 Å². The topological polar surface area (TPSA) is 80.5 Å². The highest BCUT2D eigenvalue weighted by Gasteiger charge is 2.73. The molecule has 1 aromatic carbocycles. The highest BCUT2D eigenvalue weighted by atomic mass is 79.9. The number of hydrogen-bond donors (Lipinski definition) is 0. The van der Waals surface area contributed by atoms with E-state index in [1.54, 1.807) is 6.07 Å². The summed E-state index contributed by atoms with van der Waals surface area (Å²) in [6, 6.07) is 4.42. The Morgan fingerprint density at radius 3 is 2.21 bits per heavy atom. The fraction of sp³-hybridized carbons (Fsp3) is 0.412. The first-order valence-corrected chi connectivity index (χ1v) is 8.75. The van der Waals surface area contributed by atoms with Crippen LogP contribution in [0.3, 0.4) is 0 Å². The average molecular weight is 389 g/mol. The van der Waals surface area contributed by atoms with E-state index in [0.29, 0.717) is 4.47 Å². The molecular weight excluding hydrogens is 376 g/mol. The number of halogens is 1. The lowest BCUT2D eigenvalue weighted by molar-refractivity contribution is -0.384. The van der Waals surface area contributed by atoms with Crippen LogP contribution in [0.2, 0.25) is 0 Å². The van der Waals surface area contributed by atoms with Crippen molar-refractivity contribution in [2.24, 2.45) is 29.1 Å². The second kappa shape index (κ2) is 4.33. The number of amides is 2. The summed E-state index contributed by atoms with van der Waals surface area (Å²) < 4.78 is 0.538. The van der Waals surface area contributed by atoms with E-state index in [1.807, 2.05) is 0 Å². The van der Waals surface area contributed by atoms with E-state index in [-0.39, 0.29) is 52.3 Å². The van der Waals surface area contributed by atoms with Crippen LogP contribution in [0.15, 0.2) is 34.8 Å². The van der Waals surface area contributed by atoms with Crippen LogP contribution in [0.25, 0.3) is 0 Å². The summed E-state index contributed by atoms with van der Waals surface area (Å²) in [5, 5.41) is 11.4. The van der Waals surface area contributed by atoms with Crippen molar-refractivity contribution in [3.63, 3.8) is 0 Å². The zero-order chi connectivity index (χ0) is 16.8. The fourth-order valence-electron chi connectivity index (χ4n) is 5.15. The van der Waals surface area contributed by atoms with Crippen molar-refractivity contribution in [2.75, 3.05) is 4.90 Å². The minimum atomic E-state index is -0.552. The van der Waals surface area contributed by atoms with Crippen molar-refractivity contribution < 1.29 is 14.5 Å². The minimum Gasteiger partial charge on any atom is -0.274 e. The van der Waals surface area contributed by atoms with Gasteiger partial charge in [0.2, 0.25) is 11.8 Å². The molecule has 24 heavy (non-hydrogen) atoms. The SMILES string of the molecule is O=C1[C@@H]2[C@H](C(=O)N1c1ccc(Br)cc1[N+](=O)[O-])[C@@H]1C=C[C@H]2C12CC2. The molecule has 1 aliphatic heterocycles. The van der Waals surface area contributed by atoms with Crippen LogP contribution < -0.4 is 4.90 Å². The van der Waals surface area contributed by atoms with Crippen LogP contribution in [0.4, 0.5) is 11.4 Å². The van der Waals surface area contributed by atoms with Crippen molar-refractivity contribution in [2.45, 2.75) is 12.8 Å². The second-order valence-corrected chi connectivity index (χ2v) is 8.04. The number of imide groups is 1. The van der Waals surface area contributed by atoms with Gasteiger partial charge in [0.1, 0.15) is 5.69 Å². The molecule has 0 aromatic heterocycles. The first-order chi connectivity index (χ1) is 11.5. The minimum absolute atomic E-state index is 0.0804. The Labute approximate surface area is 145 Å². The molecule has 1 spiro atoms. The quantitative estimate of drug-likeness (QED) is 0.337. The van der Waals surface area contributed by atoms with Gasteiger partial charge in [-0.2, -0.15) is 0 Å². The van der Waals surface area contributed by atoms with E-state index in [4.69, 9.17) is 0 Å². The monoisotopic (exact) mass is 388 g/mol. The smallest absolute Gasteiger partial charge is 0.274 e. The first kappa shape index (κ1) is 14.3. The Hall–Kier alpha value is -2.02. The van der Waals surface area contributed by atoms with Crippen LogP contribution in [0.5, 0.6) is 0 Å². The standard InChI is InChI=1S/C17H13BrN2O4/c18-8-1-4-11(12(7-8)20(23)24)19-15(21)13-9-2-3-10(14(13)16(19)22)17(9)5-6-17/h1-4,7,9-10,13-14H,5-6H2/t9-,10+,13+,14-. The van der Waals surface area contributed by atoms with Crippen LogP contribution in [-0.2, 0) is 9.59 Å². The maximum Gasteiger partial charge on any atom is 0.294 e. The van der Waals surface area contributed by atoms with Gasteiger partial charge in [0.05, 0.1) is 16.8 Å². The summed E-state index contributed by atoms with van der Waals surface area (Å²) in [5.74, 6) is -1.03. The Morgan fingerprint density at radius 1 is 1.12 bits per heavy atom. The van der Waals surface area contributed by atoms with Gasteiger partial charge in [0, 0.05) is 10.5 Å². The second-order valence-electron chi connectivity index (χ2n) is 7.12. The number of nitro benzene ring substituents is 1. The third-order valence-corrected chi connectivity index (χ3v) is 6.72. The molecule has 2 amide bonds. The number of carbonyl (C=O) groups excluding carboxylic acids is 2. The highest BCUT2D eigenvalue weighted by molar-refractivity contribution is 9.10. The molecule has 0 radical (unpaired) electrons. The molecule has 4 atom stereocenters. The Morgan fingerprint density at radius 2 is 1.71 bits per heavy atom. The largest absolute Gasteiger partial charge is 0.294 e. The summed E-state index contributed by atoms with van der Waals surface area (Å²) in [4.78, 5) is 37.9. The van der Waals surface area contributed by atoms with Crippen molar-refractivity contribution in [1.82, 2.24) is 0 Å². The number of hydrogen-bond acceptors (Lipinski definition) is 4. The summed E-state index contributed by atoms with van der Waals surface area (Å²) in [6.45, 7) is 0. The number of nitrogens with zero attached hydrogens (tertiary/aromatic N) is 2. The molecule has 5 rings (SSSR count). The number of fused-ring (bicyclic) bond motifs is 3. The zero-order valence-electron chi connectivity index (χ0n) is 12.5. The van der Waals surface area contributed by atoms with E-state index in [9.17, 15) is 19.7 Å². The van der Waals surface area contributed by atoms with E-state index in [1.165, 1.54) is 12.1 Å². The Kier molecular flexibility index (Phi) is 2.59. The van der Waals surface area contributed by atoms with Gasteiger partial charge in [-0.15, -0.1) is 0 Å². The number of allylic oxidation sites excluding steroid dienone is 2. The predicted octanol–water partition coefficient (Wildman–Crippen LogP) is 3.06. The van der Waals surface area contributed by atoms with Crippen molar-refractivity contribution in [3.8, 4) is 0 Å². The zero-order valence-corrected chi connectivity index (χ0v) is 14.1. The van der Waals surface area contributed by atoms with E-state index >= 15 is 0 Å². The normalized spacial score (nSPS) is 34.3. The van der Waals surface area contributed by atoms with Gasteiger partial charge >= 0.3 is 0 Å². The number of benzene rings is 1. The number of nitro groups is 1. The molecular formula is C17H13BrN2O4. The molecule has 2 saturated carbocycles. The number of carbonyl (C=O) groups is 2. The maximum atomic E-state index is 13.0. The summed E-state index contributed by atoms with van der Waals surface area (Å²) in [6.07, 6.45) is 6.32. The highest BCUT2D eigenvalue weighted by Crippen LogP contribution is 2.73. The Balaban J connectivity index is 1.60. The molecule has 1 aromatic rings. The summed E-state index contributed by atoms with van der Waals surface area (Å²) in [5.41, 5.74) is -0.0254. The van der Waals surface area contributed by atoms with Gasteiger partial charge in [-0.1, -0.05) is 28.1 Å². The number of rotatable bonds is 2. The lowest BCUT2D eigenvalue weighted by Gasteiger charge is -2.21. The van der Waals surface area contributed by atoms with Crippen LogP contribution in [-0.4, -0.2) is 16.7 Å². The molecule has 1 heterocycles. The van der Waals surface area contributed by atoms with E-state index in [2.05, 4.69) is 28.1 Å². The third kappa shape index (κ3) is 1.51. The number of anilines is 1. The van der Waals surface area contributed by atoms with Crippen LogP contribution >= 0.6 is 15.9 Å². The lowest BCUT2D eigenvalue weighted by Crippen LogP contribution is -2.35. The van der Waals surface area contributed by atoms with Gasteiger partial charge in [-0.3, -0.25) is 19.7 Å². The van der Waals surface area contributed by atoms with Crippen molar-refractivity contribution in [3.05, 3.63) is 44.9 Å². The molecule has 7 heteroatoms. The molecule has 0 N–H and O–H groups in total. The van der Waals surface area contributed by atoms with Crippen molar-refractivity contribution >= 4 is 39.1 Å². The molecule has 122 valence electrons. The van der Waals surface area contributed by atoms with Gasteiger partial charge in [0.25, 0.3) is 5.69 Å². The third-order valence-electron chi connectivity index (χ3n) is 6.23. The van der Waals surface area contributed by atoms with Gasteiger partial charge < -0.3 is 0 Å². The predicted molar refractivity (Wildman–Crippen MR) is 88.1 cm³/mol. The van der Waals surface area contributed by atoms with Crippen LogP contribution in [0, 0.1) is 39.2 Å². The van der Waals surface area contributed by atoms with Gasteiger partial charge in [0.15, 0.2) is 0 Å². The van der Waals surface area contributed by atoms with Crippen molar-refractivity contribution in [1.29, 1.82) is 0 Å². The Bertz CT molecular complexity index is 826. The lowest BCUT2D eigenvalue weighted by atomic mass is 9.85. The molecule has 2 bridgehead atoms. The maximum absolute atomic E-state index is 13.0. The molecule has 1 saturated heterocycles. The van der Waals surface area contributed by atoms with Gasteiger partial charge in [-0.05, 0) is 42.2 Å². The summed E-state index contributed by atoms with van der Waals surface area (Å²) >= 11 is 3.20. The molecule has 3 aliphatic carbocycles. The average Bonchev–Trinajstić information content (AvgIpc) is 3.14.